The van der Waals surface area contributed by atoms with Crippen molar-refractivity contribution in [3.05, 3.63) is 93.9 Å². The quantitative estimate of drug-likeness (QED) is 0.278. The number of ether oxygens (including phenoxy) is 1. The molecule has 0 bridgehead atoms. The normalized spacial score (nSPS) is 10.1. The van der Waals surface area contributed by atoms with Gasteiger partial charge in [0.1, 0.15) is 0 Å². The lowest BCUT2D eigenvalue weighted by Gasteiger charge is -2.11. The summed E-state index contributed by atoms with van der Waals surface area (Å²) in [6.07, 6.45) is 1.33. The van der Waals surface area contributed by atoms with Crippen LogP contribution in [0.4, 0.5) is 11.4 Å². The maximum atomic E-state index is 12.4. The Hall–Kier alpha value is -5.00. The first-order valence-electron chi connectivity index (χ1n) is 9.30. The number of benzene rings is 2. The molecule has 0 aliphatic carbocycles. The van der Waals surface area contributed by atoms with E-state index in [0.717, 1.165) is 12.1 Å². The maximum absolute atomic E-state index is 12.4. The average Bonchev–Trinajstić information content (AvgIpc) is 3.36. The van der Waals surface area contributed by atoms with Crippen LogP contribution < -0.4 is 16.2 Å². The van der Waals surface area contributed by atoms with Gasteiger partial charge in [-0.3, -0.25) is 35.3 Å². The summed E-state index contributed by atoms with van der Waals surface area (Å²) in [5, 5.41) is 13.2. The van der Waals surface area contributed by atoms with Crippen molar-refractivity contribution in [2.45, 2.75) is 0 Å². The van der Waals surface area contributed by atoms with Crippen molar-refractivity contribution in [3.63, 3.8) is 0 Å². The molecule has 0 fully saturated rings. The van der Waals surface area contributed by atoms with Crippen LogP contribution in [0.3, 0.4) is 0 Å². The van der Waals surface area contributed by atoms with Crippen LogP contribution >= 0.6 is 0 Å². The number of furan rings is 1. The molecule has 0 spiro atoms. The summed E-state index contributed by atoms with van der Waals surface area (Å²) in [4.78, 5) is 58.4. The topological polar surface area (TPSA) is 170 Å². The number of nitro benzene ring substituents is 1. The van der Waals surface area contributed by atoms with Crippen LogP contribution in [-0.4, -0.2) is 35.2 Å². The molecule has 0 atom stereocenters. The molecule has 3 aromatic rings. The van der Waals surface area contributed by atoms with Gasteiger partial charge in [-0.05, 0) is 36.4 Å². The maximum Gasteiger partial charge on any atom is 0.340 e. The van der Waals surface area contributed by atoms with Crippen LogP contribution in [-0.2, 0) is 9.53 Å². The van der Waals surface area contributed by atoms with E-state index in [1.165, 1.54) is 42.7 Å². The minimum atomic E-state index is -0.887. The first-order chi connectivity index (χ1) is 15.8. The zero-order chi connectivity index (χ0) is 23.8. The monoisotopic (exact) mass is 452 g/mol. The van der Waals surface area contributed by atoms with Gasteiger partial charge in [0.05, 0.1) is 22.4 Å². The van der Waals surface area contributed by atoms with Gasteiger partial charge in [0.25, 0.3) is 23.4 Å². The highest BCUT2D eigenvalue weighted by Gasteiger charge is 2.18. The fourth-order valence-corrected chi connectivity index (χ4v) is 2.54. The molecule has 3 rings (SSSR count). The number of anilines is 1. The van der Waals surface area contributed by atoms with Crippen LogP contribution in [0.25, 0.3) is 0 Å². The molecule has 0 radical (unpaired) electrons. The molecule has 2 aromatic carbocycles. The average molecular weight is 452 g/mol. The molecule has 3 amide bonds. The summed E-state index contributed by atoms with van der Waals surface area (Å²) >= 11 is 0. The highest BCUT2D eigenvalue weighted by atomic mass is 16.6. The molecule has 0 saturated heterocycles. The predicted octanol–water partition coefficient (Wildman–Crippen LogP) is 2.06. The zero-order valence-electron chi connectivity index (χ0n) is 16.8. The fraction of sp³-hybridized carbons (Fsp3) is 0.0476. The largest absolute Gasteiger partial charge is 0.459 e. The van der Waals surface area contributed by atoms with E-state index in [2.05, 4.69) is 16.2 Å². The molecular formula is C21H16N4O8. The molecule has 168 valence electrons. The lowest BCUT2D eigenvalue weighted by molar-refractivity contribution is -0.384. The Morgan fingerprint density at radius 3 is 2.30 bits per heavy atom. The van der Waals surface area contributed by atoms with Crippen LogP contribution in [0.15, 0.2) is 71.3 Å². The number of nitro groups is 1. The molecule has 0 saturated carbocycles. The SMILES string of the molecule is O=C(COC(=O)c1ccccc1NC(=O)c1ccco1)NNC(=O)c1ccc([N+](=O)[O-])cc1. The van der Waals surface area contributed by atoms with Gasteiger partial charge >= 0.3 is 5.97 Å². The summed E-state index contributed by atoms with van der Waals surface area (Å²) in [5.41, 5.74) is 4.18. The number of carbonyl (C=O) groups is 4. The number of para-hydroxylation sites is 1. The van der Waals surface area contributed by atoms with Crippen molar-refractivity contribution in [1.29, 1.82) is 0 Å². The third kappa shape index (κ3) is 6.01. The smallest absolute Gasteiger partial charge is 0.340 e. The van der Waals surface area contributed by atoms with E-state index in [9.17, 15) is 29.3 Å². The second kappa shape index (κ2) is 10.3. The number of non-ortho nitro benzene ring substituents is 1. The molecule has 3 N–H and O–H groups in total. The summed E-state index contributed by atoms with van der Waals surface area (Å²) in [7, 11) is 0. The van der Waals surface area contributed by atoms with Crippen molar-refractivity contribution in [2.24, 2.45) is 0 Å². The molecule has 12 heteroatoms. The number of esters is 1. The number of carbonyl (C=O) groups excluding carboxylic acids is 4. The van der Waals surface area contributed by atoms with Crippen LogP contribution in [0.1, 0.15) is 31.3 Å². The van der Waals surface area contributed by atoms with Gasteiger partial charge in [-0.25, -0.2) is 4.79 Å². The number of nitrogens with one attached hydrogen (secondary N) is 3. The first-order valence-corrected chi connectivity index (χ1v) is 9.30. The fourth-order valence-electron chi connectivity index (χ4n) is 2.54. The first kappa shape index (κ1) is 22.7. The van der Waals surface area contributed by atoms with E-state index in [1.807, 2.05) is 0 Å². The molecule has 0 aliphatic heterocycles. The highest BCUT2D eigenvalue weighted by molar-refractivity contribution is 6.06. The molecule has 1 heterocycles. The van der Waals surface area contributed by atoms with Crippen molar-refractivity contribution in [2.75, 3.05) is 11.9 Å². The molecule has 1 aromatic heterocycles. The summed E-state index contributed by atoms with van der Waals surface area (Å²) in [5.74, 6) is -2.98. The molecule has 0 unspecified atom stereocenters. The number of hydrogen-bond donors (Lipinski definition) is 3. The zero-order valence-corrected chi connectivity index (χ0v) is 16.8. The van der Waals surface area contributed by atoms with E-state index in [4.69, 9.17) is 9.15 Å². The van der Waals surface area contributed by atoms with Crippen molar-refractivity contribution < 1.29 is 33.3 Å². The van der Waals surface area contributed by atoms with E-state index in [-0.39, 0.29) is 28.3 Å². The van der Waals surface area contributed by atoms with Gasteiger partial charge in [0.2, 0.25) is 0 Å². The Morgan fingerprint density at radius 2 is 1.64 bits per heavy atom. The van der Waals surface area contributed by atoms with Crippen molar-refractivity contribution in [1.82, 2.24) is 10.9 Å². The highest BCUT2D eigenvalue weighted by Crippen LogP contribution is 2.17. The Kier molecular flexibility index (Phi) is 7.11. The summed E-state index contributed by atoms with van der Waals surface area (Å²) in [6, 6.07) is 13.7. The van der Waals surface area contributed by atoms with Crippen LogP contribution in [0.2, 0.25) is 0 Å². The van der Waals surface area contributed by atoms with Gasteiger partial charge in [-0.15, -0.1) is 0 Å². The van der Waals surface area contributed by atoms with E-state index < -0.39 is 35.2 Å². The van der Waals surface area contributed by atoms with Gasteiger partial charge in [0.15, 0.2) is 12.4 Å². The predicted molar refractivity (Wildman–Crippen MR) is 112 cm³/mol. The van der Waals surface area contributed by atoms with E-state index in [1.54, 1.807) is 12.1 Å². The third-order valence-electron chi connectivity index (χ3n) is 4.13. The van der Waals surface area contributed by atoms with E-state index in [0.29, 0.717) is 0 Å². The number of nitrogens with zero attached hydrogens (tertiary/aromatic N) is 1. The molecule has 0 aliphatic rings. The number of hydrogen-bond acceptors (Lipinski definition) is 8. The van der Waals surface area contributed by atoms with Gasteiger partial charge in [-0.2, -0.15) is 0 Å². The minimum absolute atomic E-state index is 0.000113. The second-order valence-corrected chi connectivity index (χ2v) is 6.36. The summed E-state index contributed by atoms with van der Waals surface area (Å²) < 4.78 is 9.93. The summed E-state index contributed by atoms with van der Waals surface area (Å²) in [6.45, 7) is -0.722. The molecule has 33 heavy (non-hydrogen) atoms. The van der Waals surface area contributed by atoms with Gasteiger partial charge in [0, 0.05) is 17.7 Å². The Bertz CT molecular complexity index is 1190. The third-order valence-corrected chi connectivity index (χ3v) is 4.13. The van der Waals surface area contributed by atoms with Crippen LogP contribution in [0, 0.1) is 10.1 Å². The number of rotatable bonds is 7. The standard InChI is InChI=1S/C21H16N4O8/c26-18(23-24-19(27)13-7-9-14(10-8-13)25(30)31)12-33-21(29)15-4-1-2-5-16(15)22-20(28)17-6-3-11-32-17/h1-11H,12H2,(H,22,28)(H,23,26)(H,24,27). The van der Waals surface area contributed by atoms with Gasteiger partial charge in [-0.1, -0.05) is 12.1 Å². The molecule has 12 nitrogen and oxygen atoms in total. The Morgan fingerprint density at radius 1 is 0.909 bits per heavy atom. The lowest BCUT2D eigenvalue weighted by Crippen LogP contribution is -2.43. The van der Waals surface area contributed by atoms with E-state index >= 15 is 0 Å². The van der Waals surface area contributed by atoms with Gasteiger partial charge < -0.3 is 14.5 Å². The van der Waals surface area contributed by atoms with Crippen molar-refractivity contribution >= 4 is 35.1 Å². The second-order valence-electron chi connectivity index (χ2n) is 6.36. The minimum Gasteiger partial charge on any atom is -0.459 e. The lowest BCUT2D eigenvalue weighted by atomic mass is 10.1. The Balaban J connectivity index is 1.51. The van der Waals surface area contributed by atoms with Crippen molar-refractivity contribution in [3.8, 4) is 0 Å². The van der Waals surface area contributed by atoms with Crippen LogP contribution in [0.5, 0.6) is 0 Å². The Labute approximate surface area is 185 Å². The molecular weight excluding hydrogens is 436 g/mol. The number of amides is 3. The number of hydrazine groups is 1.